The number of carbonyl (C=O) groups is 1. The molecule has 5 heteroatoms. The van der Waals surface area contributed by atoms with Gasteiger partial charge in [0, 0.05) is 6.61 Å². The third-order valence-electron chi connectivity index (χ3n) is 2.06. The molecule has 0 aliphatic rings. The molecule has 0 amide bonds. The number of hydrogen-bond acceptors (Lipinski definition) is 4. The van der Waals surface area contributed by atoms with E-state index in [1.807, 2.05) is 27.7 Å². The van der Waals surface area contributed by atoms with Gasteiger partial charge in [-0.1, -0.05) is 6.92 Å². The van der Waals surface area contributed by atoms with Crippen LogP contribution in [0.2, 0.25) is 0 Å². The van der Waals surface area contributed by atoms with Gasteiger partial charge in [0.05, 0.1) is 18.8 Å². The van der Waals surface area contributed by atoms with Gasteiger partial charge in [-0.05, 0) is 33.7 Å². The average molecular weight is 247 g/mol. The van der Waals surface area contributed by atoms with Gasteiger partial charge in [-0.25, -0.2) is 0 Å². The summed E-state index contributed by atoms with van der Waals surface area (Å²) in [5.41, 5.74) is -0.156. The maximum atomic E-state index is 10.8. The molecule has 1 atom stereocenters. The van der Waals surface area contributed by atoms with E-state index in [0.717, 1.165) is 0 Å². The number of carboxylic acids is 1. The molecule has 1 unspecified atom stereocenters. The zero-order valence-electron chi connectivity index (χ0n) is 11.3. The number of aliphatic carboxylic acids is 1. The first kappa shape index (κ1) is 16.4. The second kappa shape index (κ2) is 8.44. The molecule has 17 heavy (non-hydrogen) atoms. The molecule has 0 fully saturated rings. The van der Waals surface area contributed by atoms with Crippen LogP contribution in [0.5, 0.6) is 0 Å². The number of hydrogen-bond donors (Lipinski definition) is 2. The van der Waals surface area contributed by atoms with Crippen LogP contribution in [0.3, 0.4) is 0 Å². The molecule has 0 saturated heterocycles. The summed E-state index contributed by atoms with van der Waals surface area (Å²) in [6.45, 7) is 9.93. The molecule has 0 aromatic rings. The number of ether oxygens (including phenoxy) is 2. The van der Waals surface area contributed by atoms with E-state index in [4.69, 9.17) is 14.6 Å². The van der Waals surface area contributed by atoms with Gasteiger partial charge in [-0.3, -0.25) is 4.79 Å². The molecular formula is C12H25NO4. The highest BCUT2D eigenvalue weighted by atomic mass is 16.5. The average Bonchev–Trinajstić information content (AvgIpc) is 2.19. The largest absolute Gasteiger partial charge is 0.480 e. The monoisotopic (exact) mass is 247 g/mol. The fourth-order valence-electron chi connectivity index (χ4n) is 1.27. The van der Waals surface area contributed by atoms with Crippen molar-refractivity contribution in [3.05, 3.63) is 0 Å². The molecule has 0 rings (SSSR count). The maximum absolute atomic E-state index is 10.8. The van der Waals surface area contributed by atoms with E-state index < -0.39 is 12.0 Å². The van der Waals surface area contributed by atoms with Crippen LogP contribution >= 0.6 is 0 Å². The van der Waals surface area contributed by atoms with Crippen LogP contribution in [0.1, 0.15) is 34.1 Å². The summed E-state index contributed by atoms with van der Waals surface area (Å²) in [6.07, 6.45) is 0.471. The van der Waals surface area contributed by atoms with E-state index in [2.05, 4.69) is 5.32 Å². The van der Waals surface area contributed by atoms with Gasteiger partial charge in [0.15, 0.2) is 0 Å². The van der Waals surface area contributed by atoms with E-state index in [9.17, 15) is 4.79 Å². The zero-order valence-corrected chi connectivity index (χ0v) is 11.3. The Kier molecular flexibility index (Phi) is 8.12. The van der Waals surface area contributed by atoms with E-state index in [1.54, 1.807) is 0 Å². The van der Waals surface area contributed by atoms with E-state index in [0.29, 0.717) is 32.8 Å². The normalized spacial score (nSPS) is 13.6. The van der Waals surface area contributed by atoms with Crippen molar-refractivity contribution in [1.29, 1.82) is 0 Å². The molecule has 0 aliphatic heterocycles. The maximum Gasteiger partial charge on any atom is 0.320 e. The highest BCUT2D eigenvalue weighted by Gasteiger charge is 2.15. The summed E-state index contributed by atoms with van der Waals surface area (Å²) in [5, 5.41) is 11.8. The van der Waals surface area contributed by atoms with Crippen molar-refractivity contribution in [3.8, 4) is 0 Å². The second-order valence-corrected chi connectivity index (χ2v) is 4.81. The Bertz CT molecular complexity index is 213. The Balaban J connectivity index is 3.52. The summed E-state index contributed by atoms with van der Waals surface area (Å²) < 4.78 is 10.8. The smallest absolute Gasteiger partial charge is 0.320 e. The molecule has 0 saturated carbocycles. The standard InChI is InChI=1S/C12H25NO4/c1-5-13-10(11(14)15)6-7-16-8-9-17-12(2,3)4/h10,13H,5-9H2,1-4H3,(H,14,15). The fourth-order valence-corrected chi connectivity index (χ4v) is 1.27. The van der Waals surface area contributed by atoms with Gasteiger partial charge >= 0.3 is 5.97 Å². The topological polar surface area (TPSA) is 67.8 Å². The first-order chi connectivity index (χ1) is 7.87. The van der Waals surface area contributed by atoms with Crippen LogP contribution in [0.15, 0.2) is 0 Å². The van der Waals surface area contributed by atoms with Gasteiger partial charge in [-0.2, -0.15) is 0 Å². The van der Waals surface area contributed by atoms with Crippen LogP contribution in [0, 0.1) is 0 Å². The fraction of sp³-hybridized carbons (Fsp3) is 0.917. The molecule has 0 radical (unpaired) electrons. The molecular weight excluding hydrogens is 222 g/mol. The van der Waals surface area contributed by atoms with Crippen LogP contribution in [-0.2, 0) is 14.3 Å². The first-order valence-electron chi connectivity index (χ1n) is 6.04. The lowest BCUT2D eigenvalue weighted by Crippen LogP contribution is -2.37. The summed E-state index contributed by atoms with van der Waals surface area (Å²) >= 11 is 0. The van der Waals surface area contributed by atoms with Crippen LogP contribution < -0.4 is 5.32 Å². The zero-order chi connectivity index (χ0) is 13.3. The Labute approximate surface area is 103 Å². The highest BCUT2D eigenvalue weighted by molar-refractivity contribution is 5.73. The predicted molar refractivity (Wildman–Crippen MR) is 66.2 cm³/mol. The quantitative estimate of drug-likeness (QED) is 0.601. The van der Waals surface area contributed by atoms with E-state index in [-0.39, 0.29) is 5.60 Å². The van der Waals surface area contributed by atoms with Gasteiger partial charge in [0.2, 0.25) is 0 Å². The number of nitrogens with one attached hydrogen (secondary N) is 1. The molecule has 0 aromatic heterocycles. The van der Waals surface area contributed by atoms with Crippen molar-refractivity contribution in [1.82, 2.24) is 5.32 Å². The molecule has 0 spiro atoms. The van der Waals surface area contributed by atoms with Crippen LogP contribution in [0.4, 0.5) is 0 Å². The third kappa shape index (κ3) is 10.2. The minimum atomic E-state index is -0.832. The van der Waals surface area contributed by atoms with Gasteiger partial charge < -0.3 is 19.9 Å². The lowest BCUT2D eigenvalue weighted by molar-refractivity contribution is -0.140. The SMILES string of the molecule is CCNC(CCOCCOC(C)(C)C)C(=O)O. The van der Waals surface area contributed by atoms with Crippen LogP contribution in [-0.4, -0.2) is 49.1 Å². The Morgan fingerprint density at radius 3 is 2.41 bits per heavy atom. The van der Waals surface area contributed by atoms with Gasteiger partial charge in [0.25, 0.3) is 0 Å². The van der Waals surface area contributed by atoms with Crippen LogP contribution in [0.25, 0.3) is 0 Å². The van der Waals surface area contributed by atoms with Crippen molar-refractivity contribution in [2.45, 2.75) is 45.8 Å². The first-order valence-corrected chi connectivity index (χ1v) is 6.04. The Morgan fingerprint density at radius 1 is 1.29 bits per heavy atom. The minimum absolute atomic E-state index is 0.156. The number of rotatable bonds is 9. The molecule has 102 valence electrons. The Morgan fingerprint density at radius 2 is 1.94 bits per heavy atom. The van der Waals surface area contributed by atoms with Crippen molar-refractivity contribution >= 4 is 5.97 Å². The predicted octanol–water partition coefficient (Wildman–Crippen LogP) is 1.27. The van der Waals surface area contributed by atoms with Crippen molar-refractivity contribution in [2.75, 3.05) is 26.4 Å². The van der Waals surface area contributed by atoms with E-state index >= 15 is 0 Å². The van der Waals surface area contributed by atoms with Gasteiger partial charge in [-0.15, -0.1) is 0 Å². The lowest BCUT2D eigenvalue weighted by Gasteiger charge is -2.19. The van der Waals surface area contributed by atoms with Crippen molar-refractivity contribution < 1.29 is 19.4 Å². The minimum Gasteiger partial charge on any atom is -0.480 e. The van der Waals surface area contributed by atoms with Crippen molar-refractivity contribution in [2.24, 2.45) is 0 Å². The second-order valence-electron chi connectivity index (χ2n) is 4.81. The summed E-state index contributed by atoms with van der Waals surface area (Å²) in [6, 6.07) is -0.525. The van der Waals surface area contributed by atoms with Crippen molar-refractivity contribution in [3.63, 3.8) is 0 Å². The van der Waals surface area contributed by atoms with Gasteiger partial charge in [0.1, 0.15) is 6.04 Å². The number of carboxylic acid groups (broad SMARTS) is 1. The molecule has 2 N–H and O–H groups in total. The Hall–Kier alpha value is -0.650. The molecule has 5 nitrogen and oxygen atoms in total. The summed E-state index contributed by atoms with van der Waals surface area (Å²) in [4.78, 5) is 10.8. The third-order valence-corrected chi connectivity index (χ3v) is 2.06. The highest BCUT2D eigenvalue weighted by Crippen LogP contribution is 2.05. The van der Waals surface area contributed by atoms with E-state index in [1.165, 1.54) is 0 Å². The molecule has 0 heterocycles. The molecule has 0 aliphatic carbocycles. The molecule has 0 aromatic carbocycles. The summed E-state index contributed by atoms with van der Waals surface area (Å²) in [5.74, 6) is -0.832. The number of likely N-dealkylation sites (N-methyl/N-ethyl adjacent to an activating group) is 1. The lowest BCUT2D eigenvalue weighted by atomic mass is 10.2. The molecule has 0 bridgehead atoms. The summed E-state index contributed by atoms with van der Waals surface area (Å²) in [7, 11) is 0.